The van der Waals surface area contributed by atoms with Crippen molar-refractivity contribution in [1.82, 2.24) is 14.8 Å². The fourth-order valence-electron chi connectivity index (χ4n) is 6.85. The van der Waals surface area contributed by atoms with E-state index in [1.807, 2.05) is 96.6 Å². The van der Waals surface area contributed by atoms with Crippen LogP contribution >= 0.6 is 39.3 Å². The Labute approximate surface area is 282 Å². The first-order valence-corrected chi connectivity index (χ1v) is 17.5. The summed E-state index contributed by atoms with van der Waals surface area (Å²) in [4.78, 5) is 50.0. The summed E-state index contributed by atoms with van der Waals surface area (Å²) in [5, 5.41) is 1.55. The minimum absolute atomic E-state index is 0.0431. The number of aryl methyl sites for hydroxylation is 1. The van der Waals surface area contributed by atoms with Gasteiger partial charge in [-0.25, -0.2) is 0 Å². The van der Waals surface area contributed by atoms with Crippen molar-refractivity contribution in [3.63, 3.8) is 0 Å². The monoisotopic (exact) mass is 705 g/mol. The number of thioether (sulfide) groups is 1. The second-order valence-corrected chi connectivity index (χ2v) is 15.1. The molecule has 0 saturated carbocycles. The third kappa shape index (κ3) is 6.60. The van der Waals surface area contributed by atoms with Gasteiger partial charge in [-0.05, 0) is 67.6 Å². The van der Waals surface area contributed by atoms with Gasteiger partial charge in [0.2, 0.25) is 11.8 Å². The van der Waals surface area contributed by atoms with Crippen LogP contribution in [-0.2, 0) is 20.9 Å². The summed E-state index contributed by atoms with van der Waals surface area (Å²) in [6, 6.07) is 21.3. The summed E-state index contributed by atoms with van der Waals surface area (Å²) in [6.07, 6.45) is 4.70. The van der Waals surface area contributed by atoms with Crippen LogP contribution in [0.2, 0.25) is 5.02 Å². The Morgan fingerprint density at radius 2 is 1.84 bits per heavy atom. The molecule has 2 fully saturated rings. The fraction of sp³-hybridized carbons (Fsp3) is 0.361. The van der Waals surface area contributed by atoms with E-state index in [0.29, 0.717) is 37.5 Å². The predicted molar refractivity (Wildman–Crippen MR) is 184 cm³/mol. The maximum atomic E-state index is 15.1. The van der Waals surface area contributed by atoms with Crippen LogP contribution in [0.3, 0.4) is 0 Å². The fourth-order valence-corrected chi connectivity index (χ4v) is 8.76. The van der Waals surface area contributed by atoms with Gasteiger partial charge in [-0.1, -0.05) is 70.3 Å². The highest BCUT2D eigenvalue weighted by atomic mass is 79.9. The topological polar surface area (TPSA) is 73.5 Å². The Bertz CT molecular complexity index is 1720. The van der Waals surface area contributed by atoms with E-state index in [1.165, 1.54) is 11.8 Å². The van der Waals surface area contributed by atoms with E-state index < -0.39 is 10.8 Å². The molecule has 234 valence electrons. The Morgan fingerprint density at radius 1 is 1.09 bits per heavy atom. The number of halogens is 2. The molecule has 0 radical (unpaired) electrons. The number of fused-ring (bicyclic) bond motifs is 1. The van der Waals surface area contributed by atoms with Crippen LogP contribution in [0.5, 0.6) is 0 Å². The largest absolute Gasteiger partial charge is 0.361 e. The summed E-state index contributed by atoms with van der Waals surface area (Å²) in [5.41, 5.74) is 3.87. The molecule has 4 aromatic rings. The molecule has 3 heterocycles. The molecular formula is C36H37BrClN3O3S. The van der Waals surface area contributed by atoms with Gasteiger partial charge in [0.05, 0.1) is 12.5 Å². The molecule has 2 aliphatic heterocycles. The molecule has 3 atom stereocenters. The minimum Gasteiger partial charge on any atom is -0.361 e. The molecule has 45 heavy (non-hydrogen) atoms. The molecule has 0 spiro atoms. The minimum atomic E-state index is -1.13. The molecule has 9 heteroatoms. The Balaban J connectivity index is 1.46. The molecule has 0 aliphatic carbocycles. The second kappa shape index (κ2) is 13.3. The van der Waals surface area contributed by atoms with Crippen molar-refractivity contribution >= 4 is 67.8 Å². The molecule has 2 amide bonds. The summed E-state index contributed by atoms with van der Waals surface area (Å²) >= 11 is 11.4. The number of H-pyrrole nitrogens is 1. The lowest BCUT2D eigenvalue weighted by molar-refractivity contribution is -0.134. The highest BCUT2D eigenvalue weighted by Crippen LogP contribution is 2.55. The van der Waals surface area contributed by atoms with Crippen LogP contribution in [0, 0.1) is 12.8 Å². The molecule has 6 rings (SSSR count). The summed E-state index contributed by atoms with van der Waals surface area (Å²) in [6.45, 7) is 5.54. The first-order valence-electron chi connectivity index (χ1n) is 15.5. The lowest BCUT2D eigenvalue weighted by Crippen LogP contribution is -2.49. The van der Waals surface area contributed by atoms with Gasteiger partial charge in [0.25, 0.3) is 0 Å². The van der Waals surface area contributed by atoms with Crippen molar-refractivity contribution in [2.75, 3.05) is 13.1 Å². The van der Waals surface area contributed by atoms with Gasteiger partial charge in [-0.3, -0.25) is 14.4 Å². The van der Waals surface area contributed by atoms with E-state index in [4.69, 9.17) is 11.6 Å². The number of hydrogen-bond donors (Lipinski definition) is 1. The number of carbonyl (C=O) groups excluding carboxylic acids is 3. The van der Waals surface area contributed by atoms with Crippen LogP contribution < -0.4 is 0 Å². The summed E-state index contributed by atoms with van der Waals surface area (Å²) in [5.74, 6) is 0.290. The van der Waals surface area contributed by atoms with Gasteiger partial charge in [-0.2, -0.15) is 0 Å². The number of ketones is 1. The molecule has 6 nitrogen and oxygen atoms in total. The average molecular weight is 707 g/mol. The SMILES string of the molecule is CCCC(=O)C[C@H]1CCN(C(=O)[C@]2(Sc3ccc(C)cc3)CC(=O)N(Cc3ccc(Br)cc3)[C@H]2c2c[nH]c3cc(Cl)ccc23)C1. The number of hydrogen-bond acceptors (Lipinski definition) is 4. The molecule has 3 aromatic carbocycles. The van der Waals surface area contributed by atoms with Gasteiger partial charge >= 0.3 is 0 Å². The van der Waals surface area contributed by atoms with Crippen molar-refractivity contribution in [2.24, 2.45) is 5.92 Å². The Morgan fingerprint density at radius 3 is 2.58 bits per heavy atom. The van der Waals surface area contributed by atoms with Crippen molar-refractivity contribution in [3.8, 4) is 0 Å². The van der Waals surface area contributed by atoms with Crippen LogP contribution in [0.15, 0.2) is 82.3 Å². The number of aromatic amines is 1. The van der Waals surface area contributed by atoms with Crippen LogP contribution in [0.25, 0.3) is 10.9 Å². The number of Topliss-reactive ketones (excluding diaryl/α,β-unsaturated/α-hetero) is 1. The normalized spacial score (nSPS) is 21.6. The number of rotatable bonds is 10. The van der Waals surface area contributed by atoms with Crippen LogP contribution in [-0.4, -0.2) is 50.2 Å². The van der Waals surface area contributed by atoms with E-state index in [9.17, 15) is 9.59 Å². The molecule has 2 saturated heterocycles. The Hall–Kier alpha value is -3.07. The quantitative estimate of drug-likeness (QED) is 0.180. The number of nitrogens with one attached hydrogen (secondary N) is 1. The zero-order valence-corrected chi connectivity index (χ0v) is 28.7. The maximum absolute atomic E-state index is 15.1. The standard InChI is InChI=1S/C36H37BrClN3O3S/c1-3-4-28(42)17-25-15-16-40(21-25)35(44)36(45-29-12-5-23(2)6-13-29)19-33(43)41(22-24-7-9-26(37)10-8-24)34(36)31-20-39-32-18-27(38)11-14-30(31)32/h5-14,18,20,25,34,39H,3-4,15-17,19,21-22H2,1-2H3/t25-,34+,36+/m1/s1. The van der Waals surface area contributed by atoms with Gasteiger partial charge in [0.1, 0.15) is 10.5 Å². The summed E-state index contributed by atoms with van der Waals surface area (Å²) in [7, 11) is 0. The third-order valence-electron chi connectivity index (χ3n) is 9.03. The van der Waals surface area contributed by atoms with E-state index in [1.54, 1.807) is 0 Å². The third-order valence-corrected chi connectivity index (χ3v) is 11.2. The zero-order valence-electron chi connectivity index (χ0n) is 25.5. The van der Waals surface area contributed by atoms with Gasteiger partial charge in [-0.15, -0.1) is 11.8 Å². The maximum Gasteiger partial charge on any atom is 0.242 e. The molecule has 2 aliphatic rings. The number of carbonyl (C=O) groups is 3. The van der Waals surface area contributed by atoms with Crippen molar-refractivity contribution < 1.29 is 14.4 Å². The second-order valence-electron chi connectivity index (χ2n) is 12.4. The molecule has 1 aromatic heterocycles. The number of benzene rings is 3. The molecule has 0 unspecified atom stereocenters. The van der Waals surface area contributed by atoms with Crippen LogP contribution in [0.1, 0.15) is 61.8 Å². The lowest BCUT2D eigenvalue weighted by Gasteiger charge is -2.38. The summed E-state index contributed by atoms with van der Waals surface area (Å²) < 4.78 is -0.164. The number of amides is 2. The number of nitrogens with zero attached hydrogens (tertiary/aromatic N) is 2. The lowest BCUT2D eigenvalue weighted by atomic mass is 9.90. The average Bonchev–Trinajstić information content (AvgIpc) is 3.71. The molecular weight excluding hydrogens is 670 g/mol. The van der Waals surface area contributed by atoms with E-state index in [2.05, 4.69) is 20.9 Å². The predicted octanol–water partition coefficient (Wildman–Crippen LogP) is 8.50. The van der Waals surface area contributed by atoms with Crippen LogP contribution in [0.4, 0.5) is 0 Å². The number of likely N-dealkylation sites (tertiary alicyclic amines) is 2. The zero-order chi connectivity index (χ0) is 31.7. The van der Waals surface area contributed by atoms with Crippen molar-refractivity contribution in [2.45, 2.75) is 68.2 Å². The molecule has 0 bridgehead atoms. The van der Waals surface area contributed by atoms with Crippen molar-refractivity contribution in [1.29, 1.82) is 0 Å². The van der Waals surface area contributed by atoms with Gasteiger partial charge < -0.3 is 14.8 Å². The van der Waals surface area contributed by atoms with Gasteiger partial charge in [0.15, 0.2) is 0 Å². The van der Waals surface area contributed by atoms with E-state index >= 15 is 4.79 Å². The van der Waals surface area contributed by atoms with Gasteiger partial charge in [0, 0.05) is 69.5 Å². The van der Waals surface area contributed by atoms with Crippen molar-refractivity contribution in [3.05, 3.63) is 99.1 Å². The first kappa shape index (κ1) is 31.9. The number of aromatic nitrogens is 1. The van der Waals surface area contributed by atoms with E-state index in [0.717, 1.165) is 49.8 Å². The smallest absolute Gasteiger partial charge is 0.242 e. The highest BCUT2D eigenvalue weighted by Gasteiger charge is 2.60. The first-order chi connectivity index (χ1) is 21.7. The molecule has 1 N–H and O–H groups in total. The van der Waals surface area contributed by atoms with E-state index in [-0.39, 0.29) is 29.9 Å². The highest BCUT2D eigenvalue weighted by molar-refractivity contribution is 9.10. The Kier molecular flexibility index (Phi) is 9.46.